The third-order valence-corrected chi connectivity index (χ3v) is 3.25. The van der Waals surface area contributed by atoms with Crippen molar-refractivity contribution in [1.29, 1.82) is 0 Å². The molecule has 0 aromatic carbocycles. The van der Waals surface area contributed by atoms with Crippen LogP contribution in [0.5, 0.6) is 0 Å². The van der Waals surface area contributed by atoms with Crippen LogP contribution in [0.15, 0.2) is 12.4 Å². The highest BCUT2D eigenvalue weighted by Crippen LogP contribution is 2.15. The van der Waals surface area contributed by atoms with Gasteiger partial charge < -0.3 is 27.1 Å². The molecule has 1 rings (SSSR count). The summed E-state index contributed by atoms with van der Waals surface area (Å²) in [5.41, 5.74) is 0. The van der Waals surface area contributed by atoms with Crippen molar-refractivity contribution >= 4 is 17.4 Å². The van der Waals surface area contributed by atoms with Gasteiger partial charge in [-0.15, -0.1) is 0 Å². The summed E-state index contributed by atoms with van der Waals surface area (Å²) in [6.07, 6.45) is 3.81. The molecule has 0 saturated carbocycles. The molecule has 0 aromatic rings. The summed E-state index contributed by atoms with van der Waals surface area (Å²) in [7, 11) is -8.13. The Morgan fingerprint density at radius 1 is 1.33 bits per heavy atom. The average molecular weight is 293 g/mol. The Bertz CT molecular complexity index is 381. The predicted octanol–water partition coefficient (Wildman–Crippen LogP) is 1.59. The van der Waals surface area contributed by atoms with Crippen molar-refractivity contribution in [3.8, 4) is 0 Å². The maximum atomic E-state index is 10.9. The van der Waals surface area contributed by atoms with Crippen LogP contribution in [-0.4, -0.2) is 49.1 Å². The fourth-order valence-corrected chi connectivity index (χ4v) is 2.25. The van der Waals surface area contributed by atoms with E-state index in [9.17, 15) is 25.7 Å². The van der Waals surface area contributed by atoms with Gasteiger partial charge in [-0.05, 0) is 6.42 Å². The largest absolute Gasteiger partial charge is 0.673 e. The van der Waals surface area contributed by atoms with Crippen LogP contribution in [0.25, 0.3) is 0 Å². The zero-order chi connectivity index (χ0) is 14.6. The van der Waals surface area contributed by atoms with E-state index in [1.165, 1.54) is 0 Å². The normalized spacial score (nSPS) is 17.5. The minimum absolute atomic E-state index is 0.372. The molecule has 18 heavy (non-hydrogen) atoms. The van der Waals surface area contributed by atoms with Crippen LogP contribution < -0.4 is 0 Å². The molecule has 1 N–H and O–H groups in total. The lowest BCUT2D eigenvalue weighted by Crippen LogP contribution is -2.38. The molecule has 1 heterocycles. The van der Waals surface area contributed by atoms with Gasteiger partial charge in [-0.25, -0.2) is 0 Å². The maximum absolute atomic E-state index is 10.9. The van der Waals surface area contributed by atoms with Crippen molar-refractivity contribution in [3.63, 3.8) is 0 Å². The van der Waals surface area contributed by atoms with Gasteiger partial charge in [-0.3, -0.25) is 4.55 Å². The highest BCUT2D eigenvalue weighted by molar-refractivity contribution is 7.86. The Morgan fingerprint density at radius 3 is 2.00 bits per heavy atom. The summed E-state index contributed by atoms with van der Waals surface area (Å²) in [6, 6.07) is 0. The fourth-order valence-electron chi connectivity index (χ4n) is 1.35. The molecule has 1 atom stereocenters. The molecule has 1 aliphatic heterocycles. The van der Waals surface area contributed by atoms with Crippen molar-refractivity contribution < 1.29 is 30.2 Å². The van der Waals surface area contributed by atoms with Crippen LogP contribution in [0.3, 0.4) is 0 Å². The number of rotatable bonds is 3. The Hall–Kier alpha value is -0.965. The van der Waals surface area contributed by atoms with Gasteiger partial charge in [-0.2, -0.15) is 8.42 Å². The van der Waals surface area contributed by atoms with Crippen LogP contribution in [-0.2, 0) is 10.1 Å². The van der Waals surface area contributed by atoms with Gasteiger partial charge in [0.25, 0.3) is 10.1 Å². The third kappa shape index (κ3) is 7.38. The quantitative estimate of drug-likeness (QED) is 0.486. The molecule has 0 spiro atoms. The van der Waals surface area contributed by atoms with Gasteiger partial charge in [0.15, 0.2) is 5.37 Å². The standard InChI is InChI=1S/C7H14N2O3S.BF4/c1-3-7(13(10,11)12)9-5-4-8(2)6-9;2-1(3,4)5/h4-5,7H,3,6H2,1-2H3,(H,10,11,12);/q;-1. The first-order chi connectivity index (χ1) is 7.95. The van der Waals surface area contributed by atoms with E-state index >= 15 is 0 Å². The second-order valence-corrected chi connectivity index (χ2v) is 5.16. The van der Waals surface area contributed by atoms with E-state index in [1.807, 2.05) is 11.9 Å². The van der Waals surface area contributed by atoms with E-state index in [0.29, 0.717) is 13.1 Å². The number of hydrogen-bond donors (Lipinski definition) is 1. The minimum atomic E-state index is -6.00. The zero-order valence-corrected chi connectivity index (χ0v) is 10.6. The van der Waals surface area contributed by atoms with Crippen molar-refractivity contribution in [1.82, 2.24) is 9.80 Å². The van der Waals surface area contributed by atoms with Crippen LogP contribution in [0.2, 0.25) is 0 Å². The van der Waals surface area contributed by atoms with E-state index in [0.717, 1.165) is 0 Å². The second kappa shape index (κ2) is 6.27. The molecule has 11 heteroatoms. The summed E-state index contributed by atoms with van der Waals surface area (Å²) < 4.78 is 69.7. The smallest absolute Gasteiger partial charge is 0.418 e. The van der Waals surface area contributed by atoms with Gasteiger partial charge in [0.2, 0.25) is 0 Å². The molecular formula is C7H14BF4N2O3S-. The summed E-state index contributed by atoms with van der Waals surface area (Å²) in [6.45, 7) is 2.23. The SMILES string of the molecule is CCC(N1C=CN(C)C1)S(=O)(=O)O.F[B-](F)(F)F. The molecule has 1 unspecified atom stereocenters. The third-order valence-electron chi connectivity index (χ3n) is 1.96. The van der Waals surface area contributed by atoms with Gasteiger partial charge in [-0.1, -0.05) is 6.92 Å². The first kappa shape index (κ1) is 17.0. The lowest BCUT2D eigenvalue weighted by molar-refractivity contribution is 0.260. The summed E-state index contributed by atoms with van der Waals surface area (Å²) in [4.78, 5) is 3.43. The number of hydrogen-bond acceptors (Lipinski definition) is 4. The highest BCUT2D eigenvalue weighted by atomic mass is 32.2. The Labute approximate surface area is 103 Å². The predicted molar refractivity (Wildman–Crippen MR) is 59.4 cm³/mol. The molecule has 0 fully saturated rings. The van der Waals surface area contributed by atoms with E-state index in [1.54, 1.807) is 24.2 Å². The van der Waals surface area contributed by atoms with E-state index in [2.05, 4.69) is 0 Å². The van der Waals surface area contributed by atoms with Crippen LogP contribution in [0.4, 0.5) is 17.3 Å². The molecule has 0 aromatic heterocycles. The average Bonchev–Trinajstić information content (AvgIpc) is 2.47. The van der Waals surface area contributed by atoms with E-state index < -0.39 is 22.7 Å². The molecule has 108 valence electrons. The molecule has 0 amide bonds. The molecular weight excluding hydrogens is 279 g/mol. The van der Waals surface area contributed by atoms with Crippen LogP contribution >= 0.6 is 0 Å². The van der Waals surface area contributed by atoms with Gasteiger partial charge in [0.1, 0.15) is 0 Å². The Morgan fingerprint density at radius 2 is 1.78 bits per heavy atom. The van der Waals surface area contributed by atoms with Crippen LogP contribution in [0.1, 0.15) is 13.3 Å². The van der Waals surface area contributed by atoms with Crippen molar-refractivity contribution in [2.24, 2.45) is 0 Å². The topological polar surface area (TPSA) is 60.9 Å². The molecule has 0 bridgehead atoms. The highest BCUT2D eigenvalue weighted by Gasteiger charge is 2.28. The summed E-state index contributed by atoms with van der Waals surface area (Å²) in [5.74, 6) is 0. The zero-order valence-electron chi connectivity index (χ0n) is 9.80. The minimum Gasteiger partial charge on any atom is -0.418 e. The Balaban J connectivity index is 0.000000494. The molecule has 0 radical (unpaired) electrons. The van der Waals surface area contributed by atoms with Crippen LogP contribution in [0, 0.1) is 0 Å². The first-order valence-corrected chi connectivity index (χ1v) is 6.43. The fraction of sp³-hybridized carbons (Fsp3) is 0.714. The lowest BCUT2D eigenvalue weighted by Gasteiger charge is -2.24. The Kier molecular flexibility index (Phi) is 5.94. The molecule has 0 aliphatic carbocycles. The molecule has 0 saturated heterocycles. The van der Waals surface area contributed by atoms with E-state index in [4.69, 9.17) is 4.55 Å². The number of halogens is 4. The molecule has 1 aliphatic rings. The van der Waals surface area contributed by atoms with Gasteiger partial charge in [0.05, 0.1) is 6.67 Å². The maximum Gasteiger partial charge on any atom is 0.673 e. The van der Waals surface area contributed by atoms with Crippen molar-refractivity contribution in [2.45, 2.75) is 18.7 Å². The number of nitrogens with zero attached hydrogens (tertiary/aromatic N) is 2. The molecule has 5 nitrogen and oxygen atoms in total. The van der Waals surface area contributed by atoms with E-state index in [-0.39, 0.29) is 0 Å². The lowest BCUT2D eigenvalue weighted by atomic mass is 10.3. The van der Waals surface area contributed by atoms with Gasteiger partial charge in [0, 0.05) is 19.4 Å². The van der Waals surface area contributed by atoms with Gasteiger partial charge >= 0.3 is 7.25 Å². The summed E-state index contributed by atoms with van der Waals surface area (Å²) >= 11 is 0. The second-order valence-electron chi connectivity index (χ2n) is 3.58. The first-order valence-electron chi connectivity index (χ1n) is 4.93. The monoisotopic (exact) mass is 293 g/mol. The van der Waals surface area contributed by atoms with Crippen molar-refractivity contribution in [2.75, 3.05) is 13.7 Å². The van der Waals surface area contributed by atoms with Crippen molar-refractivity contribution in [3.05, 3.63) is 12.4 Å². The summed E-state index contributed by atoms with van der Waals surface area (Å²) in [5, 5.41) is -0.825.